The highest BCUT2D eigenvalue weighted by atomic mass is 15.0. The molecule has 3 nitrogen and oxygen atoms in total. The fourth-order valence-corrected chi connectivity index (χ4v) is 3.48. The average molecular weight is 257 g/mol. The van der Waals surface area contributed by atoms with Gasteiger partial charge in [-0.2, -0.15) is 0 Å². The van der Waals surface area contributed by atoms with Crippen molar-refractivity contribution in [2.24, 2.45) is 0 Å². The summed E-state index contributed by atoms with van der Waals surface area (Å²) in [7, 11) is 0. The number of aryl methyl sites for hydroxylation is 2. The van der Waals surface area contributed by atoms with E-state index in [1.54, 1.807) is 0 Å². The van der Waals surface area contributed by atoms with Gasteiger partial charge in [-0.05, 0) is 50.4 Å². The average Bonchev–Trinajstić information content (AvgIpc) is 2.96. The SMILES string of the molecule is CCCC1(c2nc3c(C)cc(C)cc3[nH]2)CCNC1. The van der Waals surface area contributed by atoms with Crippen LogP contribution >= 0.6 is 0 Å². The molecule has 1 aromatic heterocycles. The topological polar surface area (TPSA) is 40.7 Å². The van der Waals surface area contributed by atoms with Crippen LogP contribution in [0, 0.1) is 13.8 Å². The molecule has 102 valence electrons. The molecule has 0 amide bonds. The number of hydrogen-bond acceptors (Lipinski definition) is 2. The highest BCUT2D eigenvalue weighted by molar-refractivity contribution is 5.79. The Bertz CT molecular complexity index is 591. The number of fused-ring (bicyclic) bond motifs is 1. The van der Waals surface area contributed by atoms with Gasteiger partial charge in [0.15, 0.2) is 0 Å². The van der Waals surface area contributed by atoms with E-state index in [2.05, 4.69) is 43.2 Å². The number of aromatic amines is 1. The fraction of sp³-hybridized carbons (Fsp3) is 0.562. The first-order valence-electron chi connectivity index (χ1n) is 7.33. The van der Waals surface area contributed by atoms with Crippen molar-refractivity contribution in [3.05, 3.63) is 29.1 Å². The molecule has 2 heterocycles. The van der Waals surface area contributed by atoms with Crippen molar-refractivity contribution in [2.45, 2.75) is 45.4 Å². The predicted octanol–water partition coefficient (Wildman–Crippen LogP) is 3.21. The maximum absolute atomic E-state index is 4.93. The Morgan fingerprint density at radius 3 is 2.84 bits per heavy atom. The third kappa shape index (κ3) is 2.06. The van der Waals surface area contributed by atoms with Crippen molar-refractivity contribution in [1.82, 2.24) is 15.3 Å². The molecule has 0 spiro atoms. The van der Waals surface area contributed by atoms with Crippen molar-refractivity contribution < 1.29 is 0 Å². The quantitative estimate of drug-likeness (QED) is 0.886. The van der Waals surface area contributed by atoms with Crippen molar-refractivity contribution in [3.63, 3.8) is 0 Å². The number of benzene rings is 1. The summed E-state index contributed by atoms with van der Waals surface area (Å²) in [5, 5.41) is 3.51. The standard InChI is InChI=1S/C16H23N3/c1-4-5-16(6-7-17-10-16)15-18-13-9-11(2)8-12(3)14(13)19-15/h8-9,17H,4-7,10H2,1-3H3,(H,18,19). The Balaban J connectivity index is 2.11. The number of imidazole rings is 1. The van der Waals surface area contributed by atoms with E-state index in [0.29, 0.717) is 0 Å². The van der Waals surface area contributed by atoms with Gasteiger partial charge in [0.05, 0.1) is 11.0 Å². The first-order valence-corrected chi connectivity index (χ1v) is 7.33. The van der Waals surface area contributed by atoms with Gasteiger partial charge in [0.1, 0.15) is 5.82 Å². The smallest absolute Gasteiger partial charge is 0.114 e. The second-order valence-corrected chi connectivity index (χ2v) is 6.02. The second-order valence-electron chi connectivity index (χ2n) is 6.02. The van der Waals surface area contributed by atoms with Gasteiger partial charge in [-0.15, -0.1) is 0 Å². The molecule has 0 aliphatic carbocycles. The zero-order valence-electron chi connectivity index (χ0n) is 12.1. The summed E-state index contributed by atoms with van der Waals surface area (Å²) in [4.78, 5) is 8.52. The number of rotatable bonds is 3. The van der Waals surface area contributed by atoms with Gasteiger partial charge >= 0.3 is 0 Å². The molecular formula is C16H23N3. The van der Waals surface area contributed by atoms with Crippen LogP contribution in [0.25, 0.3) is 11.0 Å². The molecule has 1 unspecified atom stereocenters. The zero-order chi connectivity index (χ0) is 13.5. The number of hydrogen-bond donors (Lipinski definition) is 2. The summed E-state index contributed by atoms with van der Waals surface area (Å²) in [5.74, 6) is 1.18. The number of aromatic nitrogens is 2. The van der Waals surface area contributed by atoms with Crippen LogP contribution in [0.3, 0.4) is 0 Å². The van der Waals surface area contributed by atoms with E-state index in [1.165, 1.54) is 41.7 Å². The van der Waals surface area contributed by atoms with Crippen molar-refractivity contribution >= 4 is 11.0 Å². The Labute approximate surface area is 114 Å². The van der Waals surface area contributed by atoms with Crippen molar-refractivity contribution in [2.75, 3.05) is 13.1 Å². The van der Waals surface area contributed by atoms with E-state index in [-0.39, 0.29) is 5.41 Å². The molecule has 0 radical (unpaired) electrons. The monoisotopic (exact) mass is 257 g/mol. The van der Waals surface area contributed by atoms with Gasteiger partial charge in [-0.25, -0.2) is 4.98 Å². The summed E-state index contributed by atoms with van der Waals surface area (Å²) >= 11 is 0. The van der Waals surface area contributed by atoms with Gasteiger partial charge in [0.2, 0.25) is 0 Å². The summed E-state index contributed by atoms with van der Waals surface area (Å²) in [6, 6.07) is 4.42. The largest absolute Gasteiger partial charge is 0.341 e. The minimum absolute atomic E-state index is 0.216. The van der Waals surface area contributed by atoms with Crippen LogP contribution in [0.2, 0.25) is 0 Å². The molecule has 2 N–H and O–H groups in total. The Hall–Kier alpha value is -1.35. The summed E-state index contributed by atoms with van der Waals surface area (Å²) in [5.41, 5.74) is 5.12. The molecule has 1 aromatic carbocycles. The maximum Gasteiger partial charge on any atom is 0.114 e. The molecule has 0 saturated carbocycles. The minimum atomic E-state index is 0.216. The van der Waals surface area contributed by atoms with E-state index < -0.39 is 0 Å². The third-order valence-electron chi connectivity index (χ3n) is 4.40. The van der Waals surface area contributed by atoms with Gasteiger partial charge in [0, 0.05) is 12.0 Å². The first-order chi connectivity index (χ1) is 9.14. The lowest BCUT2D eigenvalue weighted by atomic mass is 9.82. The van der Waals surface area contributed by atoms with Crippen molar-refractivity contribution in [1.29, 1.82) is 0 Å². The number of nitrogens with zero attached hydrogens (tertiary/aromatic N) is 1. The lowest BCUT2D eigenvalue weighted by molar-refractivity contribution is 0.406. The minimum Gasteiger partial charge on any atom is -0.341 e. The van der Waals surface area contributed by atoms with Crippen LogP contribution in [0.4, 0.5) is 0 Å². The highest BCUT2D eigenvalue weighted by Crippen LogP contribution is 2.35. The molecule has 2 aromatic rings. The fourth-order valence-electron chi connectivity index (χ4n) is 3.48. The summed E-state index contributed by atoms with van der Waals surface area (Å²) < 4.78 is 0. The molecule has 1 atom stereocenters. The maximum atomic E-state index is 4.93. The Morgan fingerprint density at radius 2 is 2.16 bits per heavy atom. The highest BCUT2D eigenvalue weighted by Gasteiger charge is 2.37. The Morgan fingerprint density at radius 1 is 1.32 bits per heavy atom. The molecule has 0 bridgehead atoms. The van der Waals surface area contributed by atoms with Gasteiger partial charge in [0.25, 0.3) is 0 Å². The van der Waals surface area contributed by atoms with Crippen LogP contribution in [0.1, 0.15) is 43.1 Å². The Kier molecular flexibility index (Phi) is 3.09. The van der Waals surface area contributed by atoms with E-state index in [9.17, 15) is 0 Å². The van der Waals surface area contributed by atoms with E-state index in [1.807, 2.05) is 0 Å². The molecule has 3 heteroatoms. The van der Waals surface area contributed by atoms with Crippen molar-refractivity contribution in [3.8, 4) is 0 Å². The van der Waals surface area contributed by atoms with Crippen LogP contribution in [-0.4, -0.2) is 23.1 Å². The summed E-state index contributed by atoms with van der Waals surface area (Å²) in [6.07, 6.45) is 3.60. The predicted molar refractivity (Wildman–Crippen MR) is 79.6 cm³/mol. The van der Waals surface area contributed by atoms with Crippen LogP contribution < -0.4 is 5.32 Å². The molecule has 1 aliphatic rings. The van der Waals surface area contributed by atoms with Crippen LogP contribution in [0.15, 0.2) is 12.1 Å². The molecular weight excluding hydrogens is 234 g/mol. The van der Waals surface area contributed by atoms with E-state index >= 15 is 0 Å². The van der Waals surface area contributed by atoms with Gasteiger partial charge < -0.3 is 10.3 Å². The van der Waals surface area contributed by atoms with Crippen LogP contribution in [-0.2, 0) is 5.41 Å². The van der Waals surface area contributed by atoms with Gasteiger partial charge in [-0.1, -0.05) is 19.4 Å². The lowest BCUT2D eigenvalue weighted by Crippen LogP contribution is -2.30. The number of H-pyrrole nitrogens is 1. The normalized spacial score (nSPS) is 23.3. The lowest BCUT2D eigenvalue weighted by Gasteiger charge is -2.25. The van der Waals surface area contributed by atoms with Gasteiger partial charge in [-0.3, -0.25) is 0 Å². The zero-order valence-corrected chi connectivity index (χ0v) is 12.1. The third-order valence-corrected chi connectivity index (χ3v) is 4.40. The first kappa shape index (κ1) is 12.7. The molecule has 3 rings (SSSR count). The molecule has 1 saturated heterocycles. The molecule has 1 fully saturated rings. The molecule has 1 aliphatic heterocycles. The molecule has 19 heavy (non-hydrogen) atoms. The number of nitrogens with one attached hydrogen (secondary N) is 2. The summed E-state index contributed by atoms with van der Waals surface area (Å²) in [6.45, 7) is 8.72. The van der Waals surface area contributed by atoms with Crippen LogP contribution in [0.5, 0.6) is 0 Å². The van der Waals surface area contributed by atoms with E-state index in [0.717, 1.165) is 18.6 Å². The second kappa shape index (κ2) is 4.64. The van der Waals surface area contributed by atoms with E-state index in [4.69, 9.17) is 4.98 Å².